The highest BCUT2D eigenvalue weighted by atomic mass is 35.5. The number of carboxylic acids is 1. The highest BCUT2D eigenvalue weighted by Crippen LogP contribution is 2.31. The predicted molar refractivity (Wildman–Crippen MR) is 110 cm³/mol. The molecule has 0 aromatic heterocycles. The van der Waals surface area contributed by atoms with E-state index < -0.39 is 17.7 Å². The van der Waals surface area contributed by atoms with Crippen molar-refractivity contribution >= 4 is 29.2 Å². The third-order valence-corrected chi connectivity index (χ3v) is 4.40. The van der Waals surface area contributed by atoms with Crippen LogP contribution in [0.5, 0.6) is 17.2 Å². The minimum absolute atomic E-state index is 0.0581. The van der Waals surface area contributed by atoms with Crippen LogP contribution in [0.15, 0.2) is 60.7 Å². The smallest absolute Gasteiger partial charge is 0.307 e. The number of methoxy groups -OCH3 is 1. The van der Waals surface area contributed by atoms with Gasteiger partial charge in [0.1, 0.15) is 11.5 Å². The van der Waals surface area contributed by atoms with E-state index in [0.29, 0.717) is 22.7 Å². The molecule has 30 heavy (non-hydrogen) atoms. The fraction of sp³-hybridized carbons (Fsp3) is 0.0909. The molecule has 0 aliphatic heterocycles. The summed E-state index contributed by atoms with van der Waals surface area (Å²) in [6.07, 6.45) is -0.132. The zero-order chi connectivity index (χ0) is 21.7. The highest BCUT2D eigenvalue weighted by Gasteiger charge is 2.11. The number of hydrogen-bond donors (Lipinski definition) is 2. The third kappa shape index (κ3) is 5.27. The number of halogens is 2. The highest BCUT2D eigenvalue weighted by molar-refractivity contribution is 6.32. The lowest BCUT2D eigenvalue weighted by Crippen LogP contribution is -2.12. The molecule has 0 atom stereocenters. The summed E-state index contributed by atoms with van der Waals surface area (Å²) in [5.74, 6) is -1.15. The van der Waals surface area contributed by atoms with E-state index in [1.807, 2.05) is 0 Å². The van der Waals surface area contributed by atoms with Gasteiger partial charge in [-0.25, -0.2) is 4.39 Å². The first kappa shape index (κ1) is 21.1. The lowest BCUT2D eigenvalue weighted by molar-refractivity contribution is -0.136. The van der Waals surface area contributed by atoms with Crippen molar-refractivity contribution in [2.24, 2.45) is 0 Å². The molecule has 3 rings (SSSR count). The van der Waals surface area contributed by atoms with Crippen molar-refractivity contribution < 1.29 is 28.6 Å². The maximum Gasteiger partial charge on any atom is 0.307 e. The molecule has 0 saturated heterocycles. The Balaban J connectivity index is 1.66. The Bertz CT molecular complexity index is 1090. The zero-order valence-electron chi connectivity index (χ0n) is 15.8. The molecule has 0 bridgehead atoms. The van der Waals surface area contributed by atoms with Gasteiger partial charge in [-0.2, -0.15) is 0 Å². The summed E-state index contributed by atoms with van der Waals surface area (Å²) in [6.45, 7) is 0. The second-order valence-corrected chi connectivity index (χ2v) is 6.67. The number of carbonyl (C=O) groups excluding carboxylic acids is 1. The van der Waals surface area contributed by atoms with Gasteiger partial charge in [-0.05, 0) is 60.2 Å². The number of hydrogen-bond acceptors (Lipinski definition) is 4. The first-order valence-corrected chi connectivity index (χ1v) is 9.16. The van der Waals surface area contributed by atoms with Crippen LogP contribution in [0.2, 0.25) is 5.02 Å². The van der Waals surface area contributed by atoms with Gasteiger partial charge in [0.2, 0.25) is 0 Å². The van der Waals surface area contributed by atoms with Crippen LogP contribution in [-0.2, 0) is 11.2 Å². The molecule has 0 aliphatic rings. The summed E-state index contributed by atoms with van der Waals surface area (Å²) in [4.78, 5) is 23.1. The Morgan fingerprint density at radius 2 is 1.73 bits per heavy atom. The van der Waals surface area contributed by atoms with E-state index in [1.54, 1.807) is 36.4 Å². The molecule has 0 fully saturated rings. The molecule has 0 spiro atoms. The van der Waals surface area contributed by atoms with Crippen LogP contribution in [0.3, 0.4) is 0 Å². The van der Waals surface area contributed by atoms with Crippen molar-refractivity contribution in [1.82, 2.24) is 0 Å². The SMILES string of the molecule is COc1ccc(C(=O)Nc2ccc(Oc3ccc(CC(=O)O)cc3Cl)cc2)cc1F. The van der Waals surface area contributed by atoms with Gasteiger partial charge in [-0.15, -0.1) is 0 Å². The first-order chi connectivity index (χ1) is 14.4. The summed E-state index contributed by atoms with van der Waals surface area (Å²) >= 11 is 6.15. The van der Waals surface area contributed by atoms with E-state index in [-0.39, 0.29) is 22.8 Å². The van der Waals surface area contributed by atoms with E-state index in [1.165, 1.54) is 25.3 Å². The second kappa shape index (κ2) is 9.28. The van der Waals surface area contributed by atoms with Crippen LogP contribution in [-0.4, -0.2) is 24.1 Å². The van der Waals surface area contributed by atoms with Crippen molar-refractivity contribution in [2.45, 2.75) is 6.42 Å². The Morgan fingerprint density at radius 3 is 2.33 bits per heavy atom. The van der Waals surface area contributed by atoms with Crippen molar-refractivity contribution in [1.29, 1.82) is 0 Å². The van der Waals surface area contributed by atoms with Gasteiger partial charge >= 0.3 is 5.97 Å². The molecule has 0 heterocycles. The fourth-order valence-electron chi connectivity index (χ4n) is 2.66. The monoisotopic (exact) mass is 429 g/mol. The van der Waals surface area contributed by atoms with Gasteiger partial charge < -0.3 is 19.9 Å². The average molecular weight is 430 g/mol. The van der Waals surface area contributed by atoms with E-state index >= 15 is 0 Å². The second-order valence-electron chi connectivity index (χ2n) is 6.27. The molecule has 3 aromatic carbocycles. The molecule has 3 aromatic rings. The number of benzene rings is 3. The summed E-state index contributed by atoms with van der Waals surface area (Å²) in [5, 5.41) is 11.8. The molecular weight excluding hydrogens is 413 g/mol. The quantitative estimate of drug-likeness (QED) is 0.542. The molecular formula is C22H17ClFNO5. The lowest BCUT2D eigenvalue weighted by atomic mass is 10.1. The van der Waals surface area contributed by atoms with Crippen molar-refractivity contribution in [2.75, 3.05) is 12.4 Å². The van der Waals surface area contributed by atoms with E-state index in [9.17, 15) is 14.0 Å². The van der Waals surface area contributed by atoms with Gasteiger partial charge in [-0.1, -0.05) is 17.7 Å². The molecule has 8 heteroatoms. The average Bonchev–Trinajstić information content (AvgIpc) is 2.71. The van der Waals surface area contributed by atoms with Crippen LogP contribution in [0.25, 0.3) is 0 Å². The number of carbonyl (C=O) groups is 2. The molecule has 0 unspecified atom stereocenters. The Morgan fingerprint density at radius 1 is 1.03 bits per heavy atom. The topological polar surface area (TPSA) is 84.9 Å². The minimum Gasteiger partial charge on any atom is -0.494 e. The molecule has 0 saturated carbocycles. The number of nitrogens with one attached hydrogen (secondary N) is 1. The van der Waals surface area contributed by atoms with Crippen LogP contribution in [0.4, 0.5) is 10.1 Å². The zero-order valence-corrected chi connectivity index (χ0v) is 16.6. The van der Waals surface area contributed by atoms with E-state index in [4.69, 9.17) is 26.2 Å². The lowest BCUT2D eigenvalue weighted by Gasteiger charge is -2.10. The van der Waals surface area contributed by atoms with Gasteiger partial charge in [0.05, 0.1) is 18.6 Å². The van der Waals surface area contributed by atoms with Gasteiger partial charge in [-0.3, -0.25) is 9.59 Å². The summed E-state index contributed by atoms with van der Waals surface area (Å²) < 4.78 is 24.3. The standard InChI is InChI=1S/C22H17ClFNO5/c1-29-20-9-3-14(12-18(20)24)22(28)25-15-4-6-16(7-5-15)30-19-8-2-13(10-17(19)23)11-21(26)27/h2-10,12H,11H2,1H3,(H,25,28)(H,26,27). The third-order valence-electron chi connectivity index (χ3n) is 4.11. The molecule has 0 radical (unpaired) electrons. The molecule has 1 amide bonds. The fourth-order valence-corrected chi connectivity index (χ4v) is 2.90. The van der Waals surface area contributed by atoms with Crippen LogP contribution in [0, 0.1) is 5.82 Å². The van der Waals surface area contributed by atoms with Crippen LogP contribution < -0.4 is 14.8 Å². The Labute approximate surface area is 176 Å². The molecule has 2 N–H and O–H groups in total. The Hall–Kier alpha value is -3.58. The number of ether oxygens (including phenoxy) is 2. The Kier molecular flexibility index (Phi) is 6.54. The number of aliphatic carboxylic acids is 1. The van der Waals surface area contributed by atoms with Gasteiger partial charge in [0.25, 0.3) is 5.91 Å². The number of anilines is 1. The minimum atomic E-state index is -0.949. The number of rotatable bonds is 7. The number of carboxylic acid groups (broad SMARTS) is 1. The van der Waals surface area contributed by atoms with Crippen molar-refractivity contribution in [3.8, 4) is 17.2 Å². The maximum absolute atomic E-state index is 13.8. The number of amides is 1. The largest absolute Gasteiger partial charge is 0.494 e. The van der Waals surface area contributed by atoms with Gasteiger partial charge in [0, 0.05) is 11.3 Å². The van der Waals surface area contributed by atoms with Gasteiger partial charge in [0.15, 0.2) is 11.6 Å². The van der Waals surface area contributed by atoms with E-state index in [2.05, 4.69) is 5.32 Å². The molecule has 154 valence electrons. The molecule has 0 aliphatic carbocycles. The summed E-state index contributed by atoms with van der Waals surface area (Å²) in [6, 6.07) is 15.2. The summed E-state index contributed by atoms with van der Waals surface area (Å²) in [7, 11) is 1.35. The van der Waals surface area contributed by atoms with Crippen molar-refractivity contribution in [3.63, 3.8) is 0 Å². The van der Waals surface area contributed by atoms with E-state index in [0.717, 1.165) is 6.07 Å². The maximum atomic E-state index is 13.8. The van der Waals surface area contributed by atoms with Crippen molar-refractivity contribution in [3.05, 3.63) is 82.6 Å². The van der Waals surface area contributed by atoms with Crippen LogP contribution in [0.1, 0.15) is 15.9 Å². The molecule has 6 nitrogen and oxygen atoms in total. The normalized spacial score (nSPS) is 10.4. The first-order valence-electron chi connectivity index (χ1n) is 8.78. The summed E-state index contributed by atoms with van der Waals surface area (Å²) in [5.41, 5.74) is 1.21. The predicted octanol–water partition coefficient (Wildman–Crippen LogP) is 5.16. The van der Waals surface area contributed by atoms with Crippen LogP contribution >= 0.6 is 11.6 Å².